The number of alkyl halides is 1. The van der Waals surface area contributed by atoms with Crippen molar-refractivity contribution in [1.29, 1.82) is 0 Å². The number of allylic oxidation sites excluding steroid dienone is 4. The summed E-state index contributed by atoms with van der Waals surface area (Å²) in [5.74, 6) is -0.0931. The van der Waals surface area contributed by atoms with Gasteiger partial charge in [0.15, 0.2) is 0 Å². The Labute approximate surface area is 123 Å². The summed E-state index contributed by atoms with van der Waals surface area (Å²) in [6.45, 7) is 0. The van der Waals surface area contributed by atoms with Gasteiger partial charge in [0.1, 0.15) is 0 Å². The van der Waals surface area contributed by atoms with Crippen LogP contribution in [0.2, 0.25) is 0 Å². The second-order valence-electron chi connectivity index (χ2n) is 4.43. The molecule has 1 aliphatic rings. The summed E-state index contributed by atoms with van der Waals surface area (Å²) in [6, 6.07) is 8.08. The van der Waals surface area contributed by atoms with Crippen LogP contribution in [0.25, 0.3) is 0 Å². The van der Waals surface area contributed by atoms with E-state index >= 15 is 0 Å². The van der Waals surface area contributed by atoms with E-state index in [0.717, 1.165) is 11.3 Å². The summed E-state index contributed by atoms with van der Waals surface area (Å²) < 4.78 is 0. The fourth-order valence-electron chi connectivity index (χ4n) is 2.12. The fourth-order valence-corrected chi connectivity index (χ4v) is 3.03. The van der Waals surface area contributed by atoms with Gasteiger partial charge in [-0.2, -0.15) is 0 Å². The van der Waals surface area contributed by atoms with Gasteiger partial charge in [0, 0.05) is 30.7 Å². The SMILES string of the molecule is CN(C)c1ccccc1C1C(Cl)=C(Cl)C=CC1Cl. The Kier molecular flexibility index (Phi) is 4.26. The van der Waals surface area contributed by atoms with Gasteiger partial charge >= 0.3 is 0 Å². The molecule has 0 aliphatic heterocycles. The quantitative estimate of drug-likeness (QED) is 0.716. The van der Waals surface area contributed by atoms with E-state index in [1.54, 1.807) is 6.08 Å². The molecule has 0 saturated carbocycles. The molecular weight excluding hydrogens is 289 g/mol. The highest BCUT2D eigenvalue weighted by Gasteiger charge is 2.29. The summed E-state index contributed by atoms with van der Waals surface area (Å²) in [5, 5.41) is 0.988. The molecule has 0 heterocycles. The summed E-state index contributed by atoms with van der Waals surface area (Å²) >= 11 is 18.8. The van der Waals surface area contributed by atoms with E-state index in [1.165, 1.54) is 0 Å². The first-order valence-electron chi connectivity index (χ1n) is 5.66. The van der Waals surface area contributed by atoms with Gasteiger partial charge in [-0.15, -0.1) is 11.6 Å². The largest absolute Gasteiger partial charge is 0.377 e. The van der Waals surface area contributed by atoms with E-state index in [0.29, 0.717) is 10.1 Å². The second-order valence-corrected chi connectivity index (χ2v) is 5.75. The fraction of sp³-hybridized carbons (Fsp3) is 0.286. The molecule has 96 valence electrons. The van der Waals surface area contributed by atoms with Crippen LogP contribution in [0.15, 0.2) is 46.5 Å². The van der Waals surface area contributed by atoms with Crippen molar-refractivity contribution in [3.8, 4) is 0 Å². The number of rotatable bonds is 2. The van der Waals surface area contributed by atoms with Gasteiger partial charge in [-0.25, -0.2) is 0 Å². The first kappa shape index (κ1) is 13.8. The van der Waals surface area contributed by atoms with Crippen molar-refractivity contribution in [2.45, 2.75) is 11.3 Å². The highest BCUT2D eigenvalue weighted by atomic mass is 35.5. The number of anilines is 1. The van der Waals surface area contributed by atoms with E-state index in [-0.39, 0.29) is 11.3 Å². The van der Waals surface area contributed by atoms with Crippen LogP contribution in [0.5, 0.6) is 0 Å². The molecule has 18 heavy (non-hydrogen) atoms. The third-order valence-corrected chi connectivity index (χ3v) is 4.26. The molecule has 2 rings (SSSR count). The lowest BCUT2D eigenvalue weighted by atomic mass is 9.90. The molecular formula is C14H14Cl3N. The minimum absolute atomic E-state index is 0.0931. The molecule has 4 heteroatoms. The van der Waals surface area contributed by atoms with Gasteiger partial charge in [-0.05, 0) is 17.7 Å². The Hall–Kier alpha value is -0.630. The molecule has 2 unspecified atom stereocenters. The van der Waals surface area contributed by atoms with Crippen LogP contribution >= 0.6 is 34.8 Å². The molecule has 1 aromatic rings. The van der Waals surface area contributed by atoms with Crippen molar-refractivity contribution in [3.05, 3.63) is 52.0 Å². The summed E-state index contributed by atoms with van der Waals surface area (Å²) in [7, 11) is 4.00. The van der Waals surface area contributed by atoms with Crippen molar-refractivity contribution < 1.29 is 0 Å². The zero-order chi connectivity index (χ0) is 13.3. The van der Waals surface area contributed by atoms with E-state index in [4.69, 9.17) is 34.8 Å². The first-order valence-corrected chi connectivity index (χ1v) is 6.85. The van der Waals surface area contributed by atoms with Gasteiger partial charge < -0.3 is 4.90 Å². The lowest BCUT2D eigenvalue weighted by Crippen LogP contribution is -2.19. The van der Waals surface area contributed by atoms with Gasteiger partial charge in [-0.3, -0.25) is 0 Å². The zero-order valence-corrected chi connectivity index (χ0v) is 12.5. The average molecular weight is 303 g/mol. The molecule has 0 spiro atoms. The van der Waals surface area contributed by atoms with Crippen LogP contribution in [0.3, 0.4) is 0 Å². The highest BCUT2D eigenvalue weighted by molar-refractivity contribution is 6.41. The lowest BCUT2D eigenvalue weighted by Gasteiger charge is -2.28. The summed E-state index contributed by atoms with van der Waals surface area (Å²) in [6.07, 6.45) is 3.64. The summed E-state index contributed by atoms with van der Waals surface area (Å²) in [5.41, 5.74) is 2.20. The molecule has 0 amide bonds. The van der Waals surface area contributed by atoms with E-state index in [2.05, 4.69) is 11.0 Å². The topological polar surface area (TPSA) is 3.24 Å². The van der Waals surface area contributed by atoms with E-state index in [1.807, 2.05) is 38.4 Å². The Morgan fingerprint density at radius 3 is 2.44 bits per heavy atom. The zero-order valence-electron chi connectivity index (χ0n) is 10.2. The molecule has 0 N–H and O–H groups in total. The Balaban J connectivity index is 2.52. The second kappa shape index (κ2) is 5.56. The predicted molar refractivity (Wildman–Crippen MR) is 81.0 cm³/mol. The predicted octanol–water partition coefficient (Wildman–Crippen LogP) is 4.70. The third kappa shape index (κ3) is 2.54. The maximum absolute atomic E-state index is 6.37. The van der Waals surface area contributed by atoms with Gasteiger partial charge in [0.2, 0.25) is 0 Å². The minimum atomic E-state index is -0.180. The van der Waals surface area contributed by atoms with Crippen molar-refractivity contribution in [2.24, 2.45) is 0 Å². The van der Waals surface area contributed by atoms with E-state index < -0.39 is 0 Å². The van der Waals surface area contributed by atoms with Gasteiger partial charge in [-0.1, -0.05) is 47.5 Å². The van der Waals surface area contributed by atoms with E-state index in [9.17, 15) is 0 Å². The van der Waals surface area contributed by atoms with Crippen LogP contribution in [-0.2, 0) is 0 Å². The van der Waals surface area contributed by atoms with Crippen LogP contribution in [0.1, 0.15) is 11.5 Å². The first-order chi connectivity index (χ1) is 8.52. The van der Waals surface area contributed by atoms with Crippen LogP contribution < -0.4 is 4.90 Å². The monoisotopic (exact) mass is 301 g/mol. The van der Waals surface area contributed by atoms with Crippen LogP contribution in [-0.4, -0.2) is 19.5 Å². The number of para-hydroxylation sites is 1. The number of nitrogens with zero attached hydrogens (tertiary/aromatic N) is 1. The Morgan fingerprint density at radius 1 is 1.11 bits per heavy atom. The summed E-state index contributed by atoms with van der Waals surface area (Å²) in [4.78, 5) is 2.05. The highest BCUT2D eigenvalue weighted by Crippen LogP contribution is 2.43. The molecule has 0 radical (unpaired) electrons. The van der Waals surface area contributed by atoms with Crippen LogP contribution in [0.4, 0.5) is 5.69 Å². The van der Waals surface area contributed by atoms with Crippen molar-refractivity contribution in [2.75, 3.05) is 19.0 Å². The molecule has 1 aromatic carbocycles. The Bertz CT molecular complexity index is 506. The van der Waals surface area contributed by atoms with Crippen molar-refractivity contribution >= 4 is 40.5 Å². The smallest absolute Gasteiger partial charge is 0.0638 e. The molecule has 0 aromatic heterocycles. The molecule has 1 nitrogen and oxygen atoms in total. The van der Waals surface area contributed by atoms with Gasteiger partial charge in [0.05, 0.1) is 10.4 Å². The molecule has 2 atom stereocenters. The number of hydrogen-bond donors (Lipinski definition) is 0. The maximum atomic E-state index is 6.37. The average Bonchev–Trinajstić information content (AvgIpc) is 2.35. The molecule has 0 saturated heterocycles. The molecule has 0 fully saturated rings. The number of halogens is 3. The normalized spacial score (nSPS) is 23.4. The number of benzene rings is 1. The molecule has 1 aliphatic carbocycles. The van der Waals surface area contributed by atoms with Crippen molar-refractivity contribution in [1.82, 2.24) is 0 Å². The standard InChI is InChI=1S/C14H14Cl3N/c1-18(2)12-6-4-3-5-9(12)13-10(15)7-8-11(16)14(13)17/h3-8,10,13H,1-2H3. The lowest BCUT2D eigenvalue weighted by molar-refractivity contribution is 0.836. The third-order valence-electron chi connectivity index (χ3n) is 3.00. The maximum Gasteiger partial charge on any atom is 0.0638 e. The minimum Gasteiger partial charge on any atom is -0.377 e. The number of hydrogen-bond acceptors (Lipinski definition) is 1. The van der Waals surface area contributed by atoms with Gasteiger partial charge in [0.25, 0.3) is 0 Å². The van der Waals surface area contributed by atoms with Crippen molar-refractivity contribution in [3.63, 3.8) is 0 Å². The molecule has 0 bridgehead atoms. The van der Waals surface area contributed by atoms with Crippen LogP contribution in [0, 0.1) is 0 Å². The Morgan fingerprint density at radius 2 is 1.78 bits per heavy atom.